The number of amides is 1. The Kier molecular flexibility index (Phi) is 6.84. The lowest BCUT2D eigenvalue weighted by Gasteiger charge is -2.29. The molecule has 0 spiro atoms. The van der Waals surface area contributed by atoms with Gasteiger partial charge in [-0.2, -0.15) is 13.2 Å². The summed E-state index contributed by atoms with van der Waals surface area (Å²) in [6.07, 6.45) is -1.55. The zero-order valence-corrected chi connectivity index (χ0v) is 13.8. The maximum absolute atomic E-state index is 12.4. The summed E-state index contributed by atoms with van der Waals surface area (Å²) >= 11 is 0. The molecule has 0 saturated heterocycles. The van der Waals surface area contributed by atoms with Crippen molar-refractivity contribution in [3.05, 3.63) is 35.9 Å². The average molecular weight is 357 g/mol. The van der Waals surface area contributed by atoms with Crippen molar-refractivity contribution in [2.45, 2.75) is 38.3 Å². The van der Waals surface area contributed by atoms with Gasteiger partial charge in [0.1, 0.15) is 0 Å². The van der Waals surface area contributed by atoms with Crippen molar-refractivity contribution >= 4 is 11.9 Å². The van der Waals surface area contributed by atoms with E-state index in [0.29, 0.717) is 32.2 Å². The number of halogens is 3. The number of rotatable bonds is 6. The van der Waals surface area contributed by atoms with E-state index < -0.39 is 30.6 Å². The minimum absolute atomic E-state index is 0.287. The van der Waals surface area contributed by atoms with E-state index in [9.17, 15) is 22.8 Å². The molecule has 0 radical (unpaired) electrons. The van der Waals surface area contributed by atoms with Gasteiger partial charge in [0.05, 0.1) is 11.8 Å². The summed E-state index contributed by atoms with van der Waals surface area (Å²) in [4.78, 5) is 24.3. The fourth-order valence-corrected chi connectivity index (χ4v) is 3.09. The van der Waals surface area contributed by atoms with Crippen molar-refractivity contribution in [2.75, 3.05) is 13.2 Å². The fraction of sp³-hybridized carbons (Fsp3) is 0.556. The molecule has 0 aliphatic heterocycles. The van der Waals surface area contributed by atoms with Crippen LogP contribution in [-0.2, 0) is 20.7 Å². The van der Waals surface area contributed by atoms with Crippen molar-refractivity contribution < 1.29 is 27.5 Å². The Morgan fingerprint density at radius 1 is 1.08 bits per heavy atom. The fourth-order valence-electron chi connectivity index (χ4n) is 3.09. The molecule has 0 aromatic heterocycles. The summed E-state index contributed by atoms with van der Waals surface area (Å²) in [5.74, 6) is -2.64. The molecule has 1 fully saturated rings. The first kappa shape index (κ1) is 19.3. The SMILES string of the molecule is O=C(OCC(F)(F)F)[C@H]1CCCC[C@H]1C(=O)NCCc1ccccc1. The second-order valence-corrected chi connectivity index (χ2v) is 6.25. The maximum atomic E-state index is 12.4. The standard InChI is InChI=1S/C18H22F3NO3/c19-18(20,21)12-25-17(24)15-9-5-4-8-14(15)16(23)22-11-10-13-6-2-1-3-7-13/h1-3,6-7,14-15H,4-5,8-12H2,(H,22,23)/t14-,15+/m1/s1. The number of benzene rings is 1. The molecule has 7 heteroatoms. The molecule has 2 atom stereocenters. The Morgan fingerprint density at radius 3 is 2.36 bits per heavy atom. The van der Waals surface area contributed by atoms with E-state index in [1.165, 1.54) is 0 Å². The summed E-state index contributed by atoms with van der Waals surface area (Å²) in [6.45, 7) is -1.19. The lowest BCUT2D eigenvalue weighted by molar-refractivity contribution is -0.191. The minimum Gasteiger partial charge on any atom is -0.456 e. The number of hydrogen-bond acceptors (Lipinski definition) is 3. The maximum Gasteiger partial charge on any atom is 0.422 e. The van der Waals surface area contributed by atoms with E-state index >= 15 is 0 Å². The molecule has 1 aromatic rings. The molecule has 1 aromatic carbocycles. The van der Waals surface area contributed by atoms with Gasteiger partial charge in [0.2, 0.25) is 5.91 Å². The number of alkyl halides is 3. The number of ether oxygens (including phenoxy) is 1. The average Bonchev–Trinajstić information content (AvgIpc) is 2.60. The highest BCUT2D eigenvalue weighted by atomic mass is 19.4. The summed E-state index contributed by atoms with van der Waals surface area (Å²) in [6, 6.07) is 9.62. The van der Waals surface area contributed by atoms with Crippen molar-refractivity contribution in [3.8, 4) is 0 Å². The normalized spacial score (nSPS) is 20.8. The van der Waals surface area contributed by atoms with E-state index in [1.807, 2.05) is 30.3 Å². The van der Waals surface area contributed by atoms with Crippen LogP contribution in [0.1, 0.15) is 31.2 Å². The molecular weight excluding hydrogens is 335 g/mol. The summed E-state index contributed by atoms with van der Waals surface area (Å²) < 4.78 is 41.0. The second kappa shape index (κ2) is 8.87. The van der Waals surface area contributed by atoms with Crippen LogP contribution in [0, 0.1) is 11.8 Å². The number of carbonyl (C=O) groups excluding carboxylic acids is 2. The second-order valence-electron chi connectivity index (χ2n) is 6.25. The van der Waals surface area contributed by atoms with E-state index in [-0.39, 0.29) is 5.91 Å². The molecule has 4 nitrogen and oxygen atoms in total. The van der Waals surface area contributed by atoms with Gasteiger partial charge in [0.25, 0.3) is 0 Å². The van der Waals surface area contributed by atoms with E-state index in [4.69, 9.17) is 0 Å². The van der Waals surface area contributed by atoms with Gasteiger partial charge in [-0.05, 0) is 24.8 Å². The van der Waals surface area contributed by atoms with Crippen molar-refractivity contribution in [1.29, 1.82) is 0 Å². The highest BCUT2D eigenvalue weighted by Gasteiger charge is 2.38. The first-order valence-corrected chi connectivity index (χ1v) is 8.42. The van der Waals surface area contributed by atoms with Crippen LogP contribution in [0.15, 0.2) is 30.3 Å². The highest BCUT2D eigenvalue weighted by molar-refractivity contribution is 5.85. The minimum atomic E-state index is -4.56. The molecule has 1 aliphatic carbocycles. The van der Waals surface area contributed by atoms with Gasteiger partial charge in [-0.3, -0.25) is 9.59 Å². The molecule has 1 amide bonds. The third-order valence-electron chi connectivity index (χ3n) is 4.34. The van der Waals surface area contributed by atoms with Crippen LogP contribution in [0.3, 0.4) is 0 Å². The number of hydrogen-bond donors (Lipinski definition) is 1. The van der Waals surface area contributed by atoms with E-state index in [1.54, 1.807) is 0 Å². The Labute approximate surface area is 144 Å². The topological polar surface area (TPSA) is 55.4 Å². The van der Waals surface area contributed by atoms with Gasteiger partial charge in [-0.15, -0.1) is 0 Å². The molecular formula is C18H22F3NO3. The van der Waals surface area contributed by atoms with Gasteiger partial charge in [0.15, 0.2) is 6.61 Å². The van der Waals surface area contributed by atoms with Crippen LogP contribution in [0.5, 0.6) is 0 Å². The van der Waals surface area contributed by atoms with Gasteiger partial charge in [-0.25, -0.2) is 0 Å². The smallest absolute Gasteiger partial charge is 0.422 e. The van der Waals surface area contributed by atoms with Gasteiger partial charge in [0, 0.05) is 6.54 Å². The molecule has 1 N–H and O–H groups in total. The van der Waals surface area contributed by atoms with Crippen LogP contribution in [-0.4, -0.2) is 31.2 Å². The van der Waals surface area contributed by atoms with Crippen LogP contribution >= 0.6 is 0 Å². The number of esters is 1. The van der Waals surface area contributed by atoms with Crippen molar-refractivity contribution in [3.63, 3.8) is 0 Å². The van der Waals surface area contributed by atoms with Gasteiger partial charge in [-0.1, -0.05) is 43.2 Å². The first-order chi connectivity index (χ1) is 11.9. The summed E-state index contributed by atoms with van der Waals surface area (Å²) in [5.41, 5.74) is 1.08. The predicted octanol–water partition coefficient (Wildman–Crippen LogP) is 3.26. The van der Waals surface area contributed by atoms with Crippen LogP contribution in [0.25, 0.3) is 0 Å². The lowest BCUT2D eigenvalue weighted by atomic mass is 9.78. The Hall–Kier alpha value is -2.05. The Morgan fingerprint density at radius 2 is 1.72 bits per heavy atom. The van der Waals surface area contributed by atoms with E-state index in [2.05, 4.69) is 10.1 Å². The Balaban J connectivity index is 1.85. The van der Waals surface area contributed by atoms with Crippen LogP contribution in [0.4, 0.5) is 13.2 Å². The summed E-state index contributed by atoms with van der Waals surface area (Å²) in [7, 11) is 0. The lowest BCUT2D eigenvalue weighted by Crippen LogP contribution is -2.41. The van der Waals surface area contributed by atoms with Crippen molar-refractivity contribution in [2.24, 2.45) is 11.8 Å². The largest absolute Gasteiger partial charge is 0.456 e. The zero-order valence-electron chi connectivity index (χ0n) is 13.8. The third-order valence-corrected chi connectivity index (χ3v) is 4.34. The first-order valence-electron chi connectivity index (χ1n) is 8.42. The molecule has 0 bridgehead atoms. The highest BCUT2D eigenvalue weighted by Crippen LogP contribution is 2.31. The molecule has 138 valence electrons. The summed E-state index contributed by atoms with van der Waals surface area (Å²) in [5, 5.41) is 2.79. The van der Waals surface area contributed by atoms with Crippen molar-refractivity contribution in [1.82, 2.24) is 5.32 Å². The quantitative estimate of drug-likeness (QED) is 0.795. The molecule has 2 rings (SSSR count). The molecule has 1 aliphatic rings. The Bertz CT molecular complexity index is 575. The molecule has 25 heavy (non-hydrogen) atoms. The molecule has 1 saturated carbocycles. The zero-order chi connectivity index (χ0) is 18.3. The number of carbonyl (C=O) groups is 2. The third kappa shape index (κ3) is 6.40. The van der Waals surface area contributed by atoms with Crippen LogP contribution in [0.2, 0.25) is 0 Å². The van der Waals surface area contributed by atoms with E-state index in [0.717, 1.165) is 12.0 Å². The molecule has 0 heterocycles. The molecule has 0 unspecified atom stereocenters. The van der Waals surface area contributed by atoms with Crippen LogP contribution < -0.4 is 5.32 Å². The van der Waals surface area contributed by atoms with Gasteiger partial charge < -0.3 is 10.1 Å². The number of nitrogens with one attached hydrogen (secondary N) is 1. The monoisotopic (exact) mass is 357 g/mol. The predicted molar refractivity (Wildman–Crippen MR) is 85.6 cm³/mol. The van der Waals surface area contributed by atoms with Gasteiger partial charge >= 0.3 is 12.1 Å².